The Morgan fingerprint density at radius 3 is 2.29 bits per heavy atom. The van der Waals surface area contributed by atoms with Gasteiger partial charge in [0.1, 0.15) is 0 Å². The fourth-order valence-corrected chi connectivity index (χ4v) is 4.02. The van der Waals surface area contributed by atoms with Crippen LogP contribution < -0.4 is 5.73 Å². The maximum absolute atomic E-state index is 12.4. The topological polar surface area (TPSA) is 60.2 Å². The molecule has 0 saturated carbocycles. The maximum atomic E-state index is 12.4. The minimum atomic E-state index is -3.47. The predicted molar refractivity (Wildman–Crippen MR) is 86.3 cm³/mol. The van der Waals surface area contributed by atoms with E-state index in [4.69, 9.17) is 17.3 Å². The summed E-state index contributed by atoms with van der Waals surface area (Å²) in [7, 11) is -3.47. The highest BCUT2D eigenvalue weighted by Crippen LogP contribution is 2.22. The standard InChI is InChI=1S/C16H18ClNO2S/c1-11-6-12(2)8-13(7-11)16(18)10-21(19,20)15-5-3-4-14(17)9-15/h3-9,16H,10,18H2,1-2H3. The van der Waals surface area contributed by atoms with Crippen molar-refractivity contribution in [2.24, 2.45) is 5.73 Å². The first-order chi connectivity index (χ1) is 9.78. The molecule has 0 heterocycles. The zero-order valence-corrected chi connectivity index (χ0v) is 13.6. The molecule has 1 atom stereocenters. The van der Waals surface area contributed by atoms with E-state index in [1.165, 1.54) is 12.1 Å². The Labute approximate surface area is 130 Å². The van der Waals surface area contributed by atoms with Crippen LogP contribution in [0.1, 0.15) is 22.7 Å². The first kappa shape index (κ1) is 16.0. The van der Waals surface area contributed by atoms with E-state index in [0.717, 1.165) is 16.7 Å². The number of rotatable bonds is 4. The third-order valence-electron chi connectivity index (χ3n) is 3.23. The monoisotopic (exact) mass is 323 g/mol. The van der Waals surface area contributed by atoms with Gasteiger partial charge in [0, 0.05) is 11.1 Å². The molecule has 112 valence electrons. The summed E-state index contributed by atoms with van der Waals surface area (Å²) in [6.07, 6.45) is 0. The fraction of sp³-hybridized carbons (Fsp3) is 0.250. The Kier molecular flexibility index (Phi) is 4.71. The normalized spacial score (nSPS) is 13.1. The van der Waals surface area contributed by atoms with Gasteiger partial charge in [0.05, 0.1) is 10.6 Å². The molecule has 3 nitrogen and oxygen atoms in total. The number of nitrogens with two attached hydrogens (primary N) is 1. The van der Waals surface area contributed by atoms with E-state index < -0.39 is 15.9 Å². The molecule has 2 N–H and O–H groups in total. The molecule has 1 unspecified atom stereocenters. The van der Waals surface area contributed by atoms with Gasteiger partial charge in [0.25, 0.3) is 0 Å². The molecule has 0 bridgehead atoms. The largest absolute Gasteiger partial charge is 0.323 e. The molecule has 0 radical (unpaired) electrons. The molecule has 0 aliphatic rings. The molecule has 2 aromatic rings. The lowest BCUT2D eigenvalue weighted by atomic mass is 10.0. The minimum absolute atomic E-state index is 0.143. The lowest BCUT2D eigenvalue weighted by Gasteiger charge is -2.14. The van der Waals surface area contributed by atoms with Crippen molar-refractivity contribution in [3.8, 4) is 0 Å². The SMILES string of the molecule is Cc1cc(C)cc(C(N)CS(=O)(=O)c2cccc(Cl)c2)c1. The fourth-order valence-electron chi connectivity index (χ4n) is 2.31. The van der Waals surface area contributed by atoms with E-state index in [1.54, 1.807) is 12.1 Å². The summed E-state index contributed by atoms with van der Waals surface area (Å²) in [5.41, 5.74) is 9.05. The van der Waals surface area contributed by atoms with Crippen LogP contribution in [0.5, 0.6) is 0 Å². The summed E-state index contributed by atoms with van der Waals surface area (Å²) in [4.78, 5) is 0.204. The highest BCUT2D eigenvalue weighted by atomic mass is 35.5. The Morgan fingerprint density at radius 2 is 1.71 bits per heavy atom. The van der Waals surface area contributed by atoms with Gasteiger partial charge in [-0.2, -0.15) is 0 Å². The van der Waals surface area contributed by atoms with Crippen molar-refractivity contribution in [3.05, 3.63) is 64.2 Å². The van der Waals surface area contributed by atoms with E-state index in [-0.39, 0.29) is 10.6 Å². The molecule has 0 amide bonds. The average Bonchev–Trinajstić information content (AvgIpc) is 2.37. The van der Waals surface area contributed by atoms with Gasteiger partial charge in [-0.05, 0) is 37.6 Å². The second kappa shape index (κ2) is 6.18. The first-order valence-electron chi connectivity index (χ1n) is 6.60. The molecule has 2 rings (SSSR count). The summed E-state index contributed by atoms with van der Waals surface area (Å²) < 4.78 is 24.8. The van der Waals surface area contributed by atoms with Gasteiger partial charge in [-0.25, -0.2) is 8.42 Å². The summed E-state index contributed by atoms with van der Waals surface area (Å²) in [6, 6.07) is 11.6. The van der Waals surface area contributed by atoms with Crippen LogP contribution in [0, 0.1) is 13.8 Å². The molecular weight excluding hydrogens is 306 g/mol. The summed E-state index contributed by atoms with van der Waals surface area (Å²) >= 11 is 5.85. The van der Waals surface area contributed by atoms with E-state index >= 15 is 0 Å². The van der Waals surface area contributed by atoms with E-state index in [1.807, 2.05) is 32.0 Å². The zero-order chi connectivity index (χ0) is 15.6. The van der Waals surface area contributed by atoms with E-state index in [9.17, 15) is 8.42 Å². The van der Waals surface area contributed by atoms with Crippen molar-refractivity contribution in [3.63, 3.8) is 0 Å². The van der Waals surface area contributed by atoms with Crippen molar-refractivity contribution in [2.45, 2.75) is 24.8 Å². The van der Waals surface area contributed by atoms with Crippen LogP contribution in [0.4, 0.5) is 0 Å². The Morgan fingerprint density at radius 1 is 1.10 bits per heavy atom. The Hall–Kier alpha value is -1.36. The minimum Gasteiger partial charge on any atom is -0.323 e. The van der Waals surface area contributed by atoms with Crippen LogP contribution in [0.15, 0.2) is 47.4 Å². The predicted octanol–water partition coefficient (Wildman–Crippen LogP) is 3.43. The third kappa shape index (κ3) is 4.06. The highest BCUT2D eigenvalue weighted by Gasteiger charge is 2.20. The van der Waals surface area contributed by atoms with Gasteiger partial charge in [-0.15, -0.1) is 0 Å². The second-order valence-corrected chi connectivity index (χ2v) is 7.74. The summed E-state index contributed by atoms with van der Waals surface area (Å²) in [6.45, 7) is 3.93. The quantitative estimate of drug-likeness (QED) is 0.937. The first-order valence-corrected chi connectivity index (χ1v) is 8.63. The molecule has 0 fully saturated rings. The van der Waals surface area contributed by atoms with Crippen LogP contribution >= 0.6 is 11.6 Å². The molecule has 0 aromatic heterocycles. The molecular formula is C16H18ClNO2S. The van der Waals surface area contributed by atoms with Crippen LogP contribution in [0.25, 0.3) is 0 Å². The Balaban J connectivity index is 2.27. The lowest BCUT2D eigenvalue weighted by Crippen LogP contribution is -2.22. The molecule has 2 aromatic carbocycles. The van der Waals surface area contributed by atoms with Crippen molar-refractivity contribution in [1.82, 2.24) is 0 Å². The summed E-state index contributed by atoms with van der Waals surface area (Å²) in [5, 5.41) is 0.399. The number of hydrogen-bond acceptors (Lipinski definition) is 3. The molecule has 21 heavy (non-hydrogen) atoms. The van der Waals surface area contributed by atoms with Gasteiger partial charge in [0.2, 0.25) is 0 Å². The maximum Gasteiger partial charge on any atom is 0.180 e. The van der Waals surface area contributed by atoms with Crippen molar-refractivity contribution in [2.75, 3.05) is 5.75 Å². The van der Waals surface area contributed by atoms with Crippen molar-refractivity contribution in [1.29, 1.82) is 0 Å². The number of hydrogen-bond donors (Lipinski definition) is 1. The number of halogens is 1. The number of sulfone groups is 1. The highest BCUT2D eigenvalue weighted by molar-refractivity contribution is 7.91. The van der Waals surface area contributed by atoms with Gasteiger partial charge in [0.15, 0.2) is 9.84 Å². The van der Waals surface area contributed by atoms with Gasteiger partial charge in [-0.1, -0.05) is 47.0 Å². The lowest BCUT2D eigenvalue weighted by molar-refractivity contribution is 0.589. The molecule has 0 saturated heterocycles. The van der Waals surface area contributed by atoms with Gasteiger partial charge in [-0.3, -0.25) is 0 Å². The van der Waals surface area contributed by atoms with Crippen molar-refractivity contribution < 1.29 is 8.42 Å². The second-order valence-electron chi connectivity index (χ2n) is 5.27. The van der Waals surface area contributed by atoms with Crippen LogP contribution in [-0.2, 0) is 9.84 Å². The van der Waals surface area contributed by atoms with Crippen LogP contribution in [0.3, 0.4) is 0 Å². The van der Waals surface area contributed by atoms with Crippen LogP contribution in [-0.4, -0.2) is 14.2 Å². The molecule has 0 aliphatic heterocycles. The zero-order valence-electron chi connectivity index (χ0n) is 12.0. The van der Waals surface area contributed by atoms with Gasteiger partial charge < -0.3 is 5.73 Å². The molecule has 0 spiro atoms. The average molecular weight is 324 g/mol. The summed E-state index contributed by atoms with van der Waals surface area (Å²) in [5.74, 6) is -0.143. The number of aryl methyl sites for hydroxylation is 2. The van der Waals surface area contributed by atoms with E-state index in [2.05, 4.69) is 0 Å². The Bertz CT molecular complexity index is 736. The van der Waals surface area contributed by atoms with E-state index in [0.29, 0.717) is 5.02 Å². The molecule has 0 aliphatic carbocycles. The van der Waals surface area contributed by atoms with Crippen molar-refractivity contribution >= 4 is 21.4 Å². The molecule has 5 heteroatoms. The smallest absolute Gasteiger partial charge is 0.180 e. The van der Waals surface area contributed by atoms with Crippen LogP contribution in [0.2, 0.25) is 5.02 Å². The number of benzene rings is 2. The third-order valence-corrected chi connectivity index (χ3v) is 5.23. The van der Waals surface area contributed by atoms with Gasteiger partial charge >= 0.3 is 0 Å².